The minimum Gasteiger partial charge on any atom is -0.316 e. The molecule has 2 aromatic rings. The number of non-ortho nitro benzene ring substituents is 1. The molecule has 0 bridgehead atoms. The quantitative estimate of drug-likeness (QED) is 0.430. The standard InChI is InChI=1S/C12H14N4O4/c1-6(2)13-5-7-3-8(16(19)20)4-9-10(7)15-12(18)11(17)14-9/h3-4,6,13H,5H2,1-2H3,(H,14,17)(H,15,18). The van der Waals surface area contributed by atoms with Crippen LogP contribution in [0.3, 0.4) is 0 Å². The van der Waals surface area contributed by atoms with Gasteiger partial charge in [0.25, 0.3) is 5.69 Å². The lowest BCUT2D eigenvalue weighted by Crippen LogP contribution is -2.30. The molecule has 0 aliphatic carbocycles. The van der Waals surface area contributed by atoms with Crippen LogP contribution < -0.4 is 16.4 Å². The number of nitro groups is 1. The molecule has 0 atom stereocenters. The Labute approximate surface area is 113 Å². The van der Waals surface area contributed by atoms with Gasteiger partial charge in [0.1, 0.15) is 0 Å². The summed E-state index contributed by atoms with van der Waals surface area (Å²) in [4.78, 5) is 37.9. The van der Waals surface area contributed by atoms with Crippen LogP contribution in [-0.2, 0) is 6.54 Å². The number of rotatable bonds is 4. The molecule has 106 valence electrons. The number of fused-ring (bicyclic) bond motifs is 1. The molecule has 8 heteroatoms. The van der Waals surface area contributed by atoms with Gasteiger partial charge < -0.3 is 15.3 Å². The molecule has 8 nitrogen and oxygen atoms in total. The molecule has 0 aliphatic heterocycles. The number of aromatic nitrogens is 2. The highest BCUT2D eigenvalue weighted by atomic mass is 16.6. The number of H-pyrrole nitrogens is 2. The summed E-state index contributed by atoms with van der Waals surface area (Å²) in [6, 6.07) is 2.79. The van der Waals surface area contributed by atoms with Crippen LogP contribution in [-0.4, -0.2) is 20.9 Å². The van der Waals surface area contributed by atoms with Crippen molar-refractivity contribution in [1.82, 2.24) is 15.3 Å². The van der Waals surface area contributed by atoms with Crippen LogP contribution >= 0.6 is 0 Å². The molecule has 1 aromatic carbocycles. The van der Waals surface area contributed by atoms with Gasteiger partial charge in [0.15, 0.2) is 0 Å². The second-order valence-electron chi connectivity index (χ2n) is 4.73. The number of benzene rings is 1. The lowest BCUT2D eigenvalue weighted by Gasteiger charge is -2.10. The average molecular weight is 278 g/mol. The molecule has 3 N–H and O–H groups in total. The van der Waals surface area contributed by atoms with Crippen molar-refractivity contribution in [2.24, 2.45) is 0 Å². The number of nitro benzene ring substituents is 1. The van der Waals surface area contributed by atoms with Crippen LogP contribution in [0.25, 0.3) is 11.0 Å². The van der Waals surface area contributed by atoms with Crippen molar-refractivity contribution >= 4 is 16.7 Å². The van der Waals surface area contributed by atoms with Gasteiger partial charge in [-0.25, -0.2) is 0 Å². The second-order valence-corrected chi connectivity index (χ2v) is 4.73. The van der Waals surface area contributed by atoms with Crippen molar-refractivity contribution in [2.45, 2.75) is 26.4 Å². The van der Waals surface area contributed by atoms with E-state index in [-0.39, 0.29) is 17.2 Å². The van der Waals surface area contributed by atoms with Gasteiger partial charge in [-0.3, -0.25) is 19.7 Å². The van der Waals surface area contributed by atoms with Gasteiger partial charge in [-0.05, 0) is 5.56 Å². The molecule has 0 saturated heterocycles. The largest absolute Gasteiger partial charge is 0.316 e. The van der Waals surface area contributed by atoms with E-state index in [9.17, 15) is 19.7 Å². The number of hydrogen-bond acceptors (Lipinski definition) is 5. The van der Waals surface area contributed by atoms with Crippen molar-refractivity contribution in [1.29, 1.82) is 0 Å². The van der Waals surface area contributed by atoms with Crippen LogP contribution in [0.4, 0.5) is 5.69 Å². The van der Waals surface area contributed by atoms with E-state index < -0.39 is 16.0 Å². The van der Waals surface area contributed by atoms with Gasteiger partial charge in [0.05, 0.1) is 16.0 Å². The fourth-order valence-corrected chi connectivity index (χ4v) is 1.84. The Morgan fingerprint density at radius 3 is 2.50 bits per heavy atom. The summed E-state index contributed by atoms with van der Waals surface area (Å²) in [6.07, 6.45) is 0. The van der Waals surface area contributed by atoms with Crippen molar-refractivity contribution in [3.63, 3.8) is 0 Å². The van der Waals surface area contributed by atoms with E-state index in [1.165, 1.54) is 12.1 Å². The molecule has 1 aromatic heterocycles. The van der Waals surface area contributed by atoms with Gasteiger partial charge in [-0.2, -0.15) is 0 Å². The molecular formula is C12H14N4O4. The summed E-state index contributed by atoms with van der Waals surface area (Å²) in [5.41, 5.74) is -0.562. The second kappa shape index (κ2) is 5.25. The Balaban J connectivity index is 2.67. The molecule has 0 unspecified atom stereocenters. The van der Waals surface area contributed by atoms with E-state index in [1.54, 1.807) is 0 Å². The molecule has 1 heterocycles. The molecule has 0 aliphatic rings. The lowest BCUT2D eigenvalue weighted by molar-refractivity contribution is -0.384. The minimum atomic E-state index is -0.833. The highest BCUT2D eigenvalue weighted by Crippen LogP contribution is 2.21. The fourth-order valence-electron chi connectivity index (χ4n) is 1.84. The van der Waals surface area contributed by atoms with Gasteiger partial charge >= 0.3 is 11.1 Å². The first kappa shape index (κ1) is 13.9. The summed E-state index contributed by atoms with van der Waals surface area (Å²) in [5.74, 6) is 0. The zero-order chi connectivity index (χ0) is 14.9. The number of nitrogens with zero attached hydrogens (tertiary/aromatic N) is 1. The van der Waals surface area contributed by atoms with E-state index >= 15 is 0 Å². The van der Waals surface area contributed by atoms with E-state index in [0.29, 0.717) is 17.6 Å². The molecule has 20 heavy (non-hydrogen) atoms. The molecule has 0 spiro atoms. The number of hydrogen-bond donors (Lipinski definition) is 3. The monoisotopic (exact) mass is 278 g/mol. The molecular weight excluding hydrogens is 264 g/mol. The maximum Gasteiger partial charge on any atom is 0.314 e. The highest BCUT2D eigenvalue weighted by molar-refractivity contribution is 5.80. The Morgan fingerprint density at radius 2 is 1.90 bits per heavy atom. The third kappa shape index (κ3) is 2.75. The third-order valence-electron chi connectivity index (χ3n) is 2.81. The maximum absolute atomic E-state index is 11.4. The first-order chi connectivity index (χ1) is 9.38. The summed E-state index contributed by atoms with van der Waals surface area (Å²) < 4.78 is 0. The summed E-state index contributed by atoms with van der Waals surface area (Å²) in [5, 5.41) is 14.0. The molecule has 0 fully saturated rings. The van der Waals surface area contributed by atoms with Gasteiger partial charge in [0.2, 0.25) is 0 Å². The average Bonchev–Trinajstić information content (AvgIpc) is 2.37. The SMILES string of the molecule is CC(C)NCc1cc([N+](=O)[O-])cc2[nH]c(=O)c(=O)[nH]c12. The van der Waals surface area contributed by atoms with Crippen LogP contribution in [0.1, 0.15) is 19.4 Å². The zero-order valence-electron chi connectivity index (χ0n) is 11.0. The van der Waals surface area contributed by atoms with Gasteiger partial charge in [-0.1, -0.05) is 13.8 Å². The van der Waals surface area contributed by atoms with E-state index in [1.807, 2.05) is 13.8 Å². The third-order valence-corrected chi connectivity index (χ3v) is 2.81. The normalized spacial score (nSPS) is 11.2. The van der Waals surface area contributed by atoms with Crippen LogP contribution in [0, 0.1) is 10.1 Å². The van der Waals surface area contributed by atoms with Crippen molar-refractivity contribution in [2.75, 3.05) is 0 Å². The van der Waals surface area contributed by atoms with E-state index in [4.69, 9.17) is 0 Å². The fraction of sp³-hybridized carbons (Fsp3) is 0.333. The first-order valence-corrected chi connectivity index (χ1v) is 6.05. The van der Waals surface area contributed by atoms with E-state index in [2.05, 4.69) is 15.3 Å². The zero-order valence-corrected chi connectivity index (χ0v) is 11.0. The smallest absolute Gasteiger partial charge is 0.314 e. The molecule has 2 rings (SSSR count). The molecule has 0 radical (unpaired) electrons. The Kier molecular flexibility index (Phi) is 3.66. The number of nitrogens with one attached hydrogen (secondary N) is 3. The molecule has 0 saturated carbocycles. The number of aromatic amines is 2. The minimum absolute atomic E-state index is 0.138. The van der Waals surface area contributed by atoms with Crippen LogP contribution in [0.5, 0.6) is 0 Å². The summed E-state index contributed by atoms with van der Waals surface area (Å²) >= 11 is 0. The predicted octanol–water partition coefficient (Wildman–Crippen LogP) is 0.623. The van der Waals surface area contributed by atoms with Gasteiger partial charge in [0, 0.05) is 24.7 Å². The Bertz CT molecular complexity index is 775. The van der Waals surface area contributed by atoms with Crippen LogP contribution in [0.15, 0.2) is 21.7 Å². The topological polar surface area (TPSA) is 121 Å². The van der Waals surface area contributed by atoms with Crippen molar-refractivity contribution in [3.8, 4) is 0 Å². The maximum atomic E-state index is 11.4. The highest BCUT2D eigenvalue weighted by Gasteiger charge is 2.13. The first-order valence-electron chi connectivity index (χ1n) is 6.05. The van der Waals surface area contributed by atoms with Crippen molar-refractivity contribution < 1.29 is 4.92 Å². The summed E-state index contributed by atoms with van der Waals surface area (Å²) in [7, 11) is 0. The predicted molar refractivity (Wildman–Crippen MR) is 73.8 cm³/mol. The van der Waals surface area contributed by atoms with Crippen LogP contribution in [0.2, 0.25) is 0 Å². The van der Waals surface area contributed by atoms with E-state index in [0.717, 1.165) is 0 Å². The molecule has 0 amide bonds. The van der Waals surface area contributed by atoms with Gasteiger partial charge in [-0.15, -0.1) is 0 Å². The van der Waals surface area contributed by atoms with Crippen molar-refractivity contribution in [3.05, 3.63) is 48.5 Å². The Hall–Kier alpha value is -2.48. The Morgan fingerprint density at radius 1 is 1.25 bits per heavy atom. The lowest BCUT2D eigenvalue weighted by atomic mass is 10.1. The summed E-state index contributed by atoms with van der Waals surface area (Å²) in [6.45, 7) is 4.21.